The van der Waals surface area contributed by atoms with Crippen molar-refractivity contribution in [1.29, 1.82) is 0 Å². The van der Waals surface area contributed by atoms with Crippen LogP contribution in [0.15, 0.2) is 79.1 Å². The largest absolute Gasteiger partial charge is 0.373 e. The standard InChI is InChI=1S/C20H18N2O/c23-20-18(14-15-10-12-21-13-11-15)17-8-4-5-9-19(17)22(20)16-6-2-1-3-7-16/h1-13,18,20,23H,14H2. The third-order valence-electron chi connectivity index (χ3n) is 4.46. The van der Waals surface area contributed by atoms with E-state index in [1.807, 2.05) is 59.5 Å². The molecule has 3 nitrogen and oxygen atoms in total. The van der Waals surface area contributed by atoms with Gasteiger partial charge in [-0.05, 0) is 47.9 Å². The van der Waals surface area contributed by atoms with Crippen LogP contribution < -0.4 is 4.90 Å². The Morgan fingerprint density at radius 2 is 1.57 bits per heavy atom. The number of rotatable bonds is 3. The normalized spacial score (nSPS) is 19.6. The average molecular weight is 302 g/mol. The topological polar surface area (TPSA) is 36.4 Å². The molecule has 0 bridgehead atoms. The van der Waals surface area contributed by atoms with Gasteiger partial charge in [-0.1, -0.05) is 36.4 Å². The van der Waals surface area contributed by atoms with E-state index in [-0.39, 0.29) is 5.92 Å². The molecule has 2 heterocycles. The minimum atomic E-state index is -0.567. The predicted molar refractivity (Wildman–Crippen MR) is 91.7 cm³/mol. The molecule has 3 aromatic rings. The Bertz CT molecular complexity index is 789. The summed E-state index contributed by atoms with van der Waals surface area (Å²) >= 11 is 0. The second kappa shape index (κ2) is 5.86. The van der Waals surface area contributed by atoms with E-state index in [0.29, 0.717) is 0 Å². The number of hydrogen-bond donors (Lipinski definition) is 1. The van der Waals surface area contributed by atoms with Crippen LogP contribution in [0.2, 0.25) is 0 Å². The van der Waals surface area contributed by atoms with Crippen LogP contribution >= 0.6 is 0 Å². The molecule has 2 aromatic carbocycles. The highest BCUT2D eigenvalue weighted by Gasteiger charge is 2.37. The van der Waals surface area contributed by atoms with Crippen LogP contribution in [0, 0.1) is 0 Å². The Morgan fingerprint density at radius 1 is 0.870 bits per heavy atom. The Hall–Kier alpha value is -2.65. The molecule has 2 unspecified atom stereocenters. The van der Waals surface area contributed by atoms with Crippen LogP contribution in [0.25, 0.3) is 0 Å². The van der Waals surface area contributed by atoms with Gasteiger partial charge in [-0.3, -0.25) is 4.98 Å². The van der Waals surface area contributed by atoms with Crippen molar-refractivity contribution < 1.29 is 5.11 Å². The first-order valence-electron chi connectivity index (χ1n) is 7.85. The van der Waals surface area contributed by atoms with Crippen LogP contribution in [-0.4, -0.2) is 16.3 Å². The van der Waals surface area contributed by atoms with Crippen LogP contribution in [0.5, 0.6) is 0 Å². The summed E-state index contributed by atoms with van der Waals surface area (Å²) in [6.45, 7) is 0. The minimum absolute atomic E-state index is 0.0498. The average Bonchev–Trinajstić information content (AvgIpc) is 2.89. The van der Waals surface area contributed by atoms with Crippen molar-refractivity contribution in [1.82, 2.24) is 4.98 Å². The van der Waals surface area contributed by atoms with Crippen molar-refractivity contribution in [3.8, 4) is 0 Å². The highest BCUT2D eigenvalue weighted by atomic mass is 16.3. The summed E-state index contributed by atoms with van der Waals surface area (Å²) < 4.78 is 0. The number of pyridine rings is 1. The Morgan fingerprint density at radius 3 is 2.35 bits per heavy atom. The SMILES string of the molecule is OC1C(Cc2ccncc2)c2ccccc2N1c1ccccc1. The van der Waals surface area contributed by atoms with Crippen molar-refractivity contribution in [2.24, 2.45) is 0 Å². The van der Waals surface area contributed by atoms with Gasteiger partial charge in [0.2, 0.25) is 0 Å². The van der Waals surface area contributed by atoms with Crippen molar-refractivity contribution in [3.05, 3.63) is 90.3 Å². The maximum Gasteiger partial charge on any atom is 0.138 e. The second-order valence-corrected chi connectivity index (χ2v) is 5.84. The van der Waals surface area contributed by atoms with Gasteiger partial charge >= 0.3 is 0 Å². The summed E-state index contributed by atoms with van der Waals surface area (Å²) in [7, 11) is 0. The lowest BCUT2D eigenvalue weighted by Gasteiger charge is -2.26. The molecule has 23 heavy (non-hydrogen) atoms. The number of nitrogens with zero attached hydrogens (tertiary/aromatic N) is 2. The van der Waals surface area contributed by atoms with E-state index in [1.165, 1.54) is 11.1 Å². The third kappa shape index (κ3) is 2.49. The summed E-state index contributed by atoms with van der Waals surface area (Å²) in [5.41, 5.74) is 4.49. The van der Waals surface area contributed by atoms with Gasteiger partial charge in [-0.25, -0.2) is 0 Å². The molecule has 0 saturated heterocycles. The van der Waals surface area contributed by atoms with Crippen molar-refractivity contribution in [2.75, 3.05) is 4.90 Å². The molecule has 0 fully saturated rings. The van der Waals surface area contributed by atoms with Crippen molar-refractivity contribution >= 4 is 11.4 Å². The van der Waals surface area contributed by atoms with Gasteiger partial charge in [0.05, 0.1) is 0 Å². The lowest BCUT2D eigenvalue weighted by Crippen LogP contribution is -2.30. The molecule has 0 radical (unpaired) electrons. The zero-order chi connectivity index (χ0) is 15.6. The number of aliphatic hydroxyl groups is 1. The maximum atomic E-state index is 11.0. The quantitative estimate of drug-likeness (QED) is 0.797. The number of fused-ring (bicyclic) bond motifs is 1. The zero-order valence-electron chi connectivity index (χ0n) is 12.7. The van der Waals surface area contributed by atoms with Gasteiger partial charge < -0.3 is 10.0 Å². The van der Waals surface area contributed by atoms with Crippen molar-refractivity contribution in [3.63, 3.8) is 0 Å². The molecule has 114 valence electrons. The fraction of sp³-hybridized carbons (Fsp3) is 0.150. The van der Waals surface area contributed by atoms with E-state index in [0.717, 1.165) is 17.8 Å². The Labute approximate surface area is 135 Å². The molecule has 1 aromatic heterocycles. The molecule has 0 saturated carbocycles. The minimum Gasteiger partial charge on any atom is -0.373 e. The molecule has 1 aliphatic heterocycles. The molecular formula is C20H18N2O. The van der Waals surface area contributed by atoms with Crippen LogP contribution in [0.4, 0.5) is 11.4 Å². The lowest BCUT2D eigenvalue weighted by atomic mass is 9.93. The molecular weight excluding hydrogens is 284 g/mol. The molecule has 3 heteroatoms. The van der Waals surface area contributed by atoms with E-state index in [4.69, 9.17) is 0 Å². The maximum absolute atomic E-state index is 11.0. The summed E-state index contributed by atoms with van der Waals surface area (Å²) in [5, 5.41) is 11.0. The first-order chi connectivity index (χ1) is 11.3. The van der Waals surface area contributed by atoms with Crippen molar-refractivity contribution in [2.45, 2.75) is 18.6 Å². The highest BCUT2D eigenvalue weighted by Crippen LogP contribution is 2.45. The molecule has 1 aliphatic rings. The Balaban J connectivity index is 1.74. The fourth-order valence-electron chi connectivity index (χ4n) is 3.37. The first kappa shape index (κ1) is 14.0. The predicted octanol–water partition coefficient (Wildman–Crippen LogP) is 3.88. The summed E-state index contributed by atoms with van der Waals surface area (Å²) in [4.78, 5) is 6.10. The van der Waals surface area contributed by atoms with E-state index in [1.54, 1.807) is 12.4 Å². The van der Waals surface area contributed by atoms with Gasteiger partial charge in [0.15, 0.2) is 0 Å². The number of benzene rings is 2. The fourth-order valence-corrected chi connectivity index (χ4v) is 3.37. The first-order valence-corrected chi connectivity index (χ1v) is 7.85. The van der Waals surface area contributed by atoms with E-state index >= 15 is 0 Å². The number of aromatic nitrogens is 1. The zero-order valence-corrected chi connectivity index (χ0v) is 12.7. The highest BCUT2D eigenvalue weighted by molar-refractivity contribution is 5.72. The summed E-state index contributed by atoms with van der Waals surface area (Å²) in [6.07, 6.45) is 3.84. The molecule has 0 amide bonds. The summed E-state index contributed by atoms with van der Waals surface area (Å²) in [6, 6.07) is 22.4. The van der Waals surface area contributed by atoms with Crippen LogP contribution in [0.3, 0.4) is 0 Å². The molecule has 1 N–H and O–H groups in total. The molecule has 4 rings (SSSR count). The number of anilines is 2. The van der Waals surface area contributed by atoms with Gasteiger partial charge in [-0.15, -0.1) is 0 Å². The third-order valence-corrected chi connectivity index (χ3v) is 4.46. The molecule has 0 spiro atoms. The van der Waals surface area contributed by atoms with E-state index in [9.17, 15) is 5.11 Å². The van der Waals surface area contributed by atoms with E-state index in [2.05, 4.69) is 17.1 Å². The monoisotopic (exact) mass is 302 g/mol. The van der Waals surface area contributed by atoms with Gasteiger partial charge in [0.1, 0.15) is 6.23 Å². The second-order valence-electron chi connectivity index (χ2n) is 5.84. The number of hydrogen-bond acceptors (Lipinski definition) is 3. The smallest absolute Gasteiger partial charge is 0.138 e. The number of aliphatic hydroxyl groups excluding tert-OH is 1. The molecule has 2 atom stereocenters. The van der Waals surface area contributed by atoms with Gasteiger partial charge in [0, 0.05) is 29.7 Å². The number of para-hydroxylation sites is 2. The summed E-state index contributed by atoms with van der Waals surface area (Å²) in [5.74, 6) is 0.0498. The molecule has 0 aliphatic carbocycles. The lowest BCUT2D eigenvalue weighted by molar-refractivity contribution is 0.159. The van der Waals surface area contributed by atoms with Gasteiger partial charge in [0.25, 0.3) is 0 Å². The van der Waals surface area contributed by atoms with Crippen LogP contribution in [0.1, 0.15) is 17.0 Å². The van der Waals surface area contributed by atoms with E-state index < -0.39 is 6.23 Å². The van der Waals surface area contributed by atoms with Gasteiger partial charge in [-0.2, -0.15) is 0 Å². The Kier molecular flexibility index (Phi) is 3.56. The van der Waals surface area contributed by atoms with Crippen LogP contribution in [-0.2, 0) is 6.42 Å².